The molecule has 0 aliphatic heterocycles. The van der Waals surface area contributed by atoms with E-state index in [2.05, 4.69) is 10.6 Å². The fourth-order valence-corrected chi connectivity index (χ4v) is 4.03. The lowest BCUT2D eigenvalue weighted by atomic mass is 9.94. The Morgan fingerprint density at radius 1 is 0.941 bits per heavy atom. The van der Waals surface area contributed by atoms with Gasteiger partial charge in [0.1, 0.15) is 11.9 Å². The molecule has 7 heteroatoms. The molecule has 1 unspecified atom stereocenters. The summed E-state index contributed by atoms with van der Waals surface area (Å²) in [6, 6.07) is 13.1. The highest BCUT2D eigenvalue weighted by Crippen LogP contribution is 2.31. The van der Waals surface area contributed by atoms with E-state index in [0.717, 1.165) is 16.8 Å². The Hall–Kier alpha value is -3.38. The maximum atomic E-state index is 14.8. The second-order valence-corrected chi connectivity index (χ2v) is 8.99. The summed E-state index contributed by atoms with van der Waals surface area (Å²) in [5.41, 5.74) is 5.49. The Balaban J connectivity index is 1.90. The number of aryl methyl sites for hydroxylation is 3. The van der Waals surface area contributed by atoms with Gasteiger partial charge in [-0.3, -0.25) is 9.59 Å². The van der Waals surface area contributed by atoms with E-state index >= 15 is 0 Å². The van der Waals surface area contributed by atoms with Gasteiger partial charge in [-0.2, -0.15) is 0 Å². The number of carbonyl (C=O) groups is 2. The van der Waals surface area contributed by atoms with Crippen molar-refractivity contribution < 1.29 is 19.1 Å². The molecule has 34 heavy (non-hydrogen) atoms. The molecule has 3 rings (SSSR count). The van der Waals surface area contributed by atoms with E-state index in [1.807, 2.05) is 32.0 Å². The predicted octanol–water partition coefficient (Wildman–Crippen LogP) is 6.45. The normalized spacial score (nSPS) is 12.7. The quantitative estimate of drug-likeness (QED) is 0.361. The van der Waals surface area contributed by atoms with Crippen LogP contribution >= 0.6 is 11.6 Å². The molecule has 178 valence electrons. The zero-order chi connectivity index (χ0) is 25.2. The van der Waals surface area contributed by atoms with E-state index in [-0.39, 0.29) is 11.9 Å². The summed E-state index contributed by atoms with van der Waals surface area (Å²) in [7, 11) is 0. The van der Waals surface area contributed by atoms with E-state index in [4.69, 9.17) is 16.7 Å². The lowest BCUT2D eigenvalue weighted by Gasteiger charge is -2.18. The third-order valence-corrected chi connectivity index (χ3v) is 6.24. The highest BCUT2D eigenvalue weighted by Gasteiger charge is 2.20. The van der Waals surface area contributed by atoms with Crippen LogP contribution in [0.3, 0.4) is 0 Å². The molecule has 2 atom stereocenters. The van der Waals surface area contributed by atoms with E-state index in [9.17, 15) is 14.0 Å². The van der Waals surface area contributed by atoms with Gasteiger partial charge in [-0.1, -0.05) is 35.9 Å². The third kappa shape index (κ3) is 5.57. The second-order valence-electron chi connectivity index (χ2n) is 8.59. The third-order valence-electron chi connectivity index (χ3n) is 5.82. The van der Waals surface area contributed by atoms with Crippen LogP contribution in [-0.2, 0) is 4.79 Å². The van der Waals surface area contributed by atoms with Crippen molar-refractivity contribution in [3.8, 4) is 11.1 Å². The van der Waals surface area contributed by atoms with Gasteiger partial charge in [0, 0.05) is 27.9 Å². The molecule has 3 aromatic rings. The maximum Gasteiger partial charge on any atom is 0.325 e. The molecule has 0 aromatic heterocycles. The number of hydrogen-bond donors (Lipinski definition) is 3. The summed E-state index contributed by atoms with van der Waals surface area (Å²) < 4.78 is 14.8. The van der Waals surface area contributed by atoms with Crippen molar-refractivity contribution in [1.29, 1.82) is 0 Å². The van der Waals surface area contributed by atoms with Gasteiger partial charge < -0.3 is 15.7 Å². The van der Waals surface area contributed by atoms with Crippen LogP contribution in [0.5, 0.6) is 0 Å². The smallest absolute Gasteiger partial charge is 0.325 e. The summed E-state index contributed by atoms with van der Waals surface area (Å²) in [6.45, 7) is 8.88. The standard InChI is InChI=1S/C27H28ClFN2O3/c1-14-10-19(6-8-23(14)28)17(4)30-21-7-9-24(29)22(13-21)20-11-15(2)25(16(3)12-20)26(32)31-18(5)27(33)34/h6-13,17-18,30H,1-5H3,(H,31,32)(H,33,34)/t17-,18?/m1/s1. The molecule has 3 aromatic carbocycles. The Morgan fingerprint density at radius 3 is 2.18 bits per heavy atom. The van der Waals surface area contributed by atoms with Crippen LogP contribution < -0.4 is 10.6 Å². The highest BCUT2D eigenvalue weighted by atomic mass is 35.5. The first-order valence-electron chi connectivity index (χ1n) is 10.9. The zero-order valence-corrected chi connectivity index (χ0v) is 20.5. The number of nitrogens with one attached hydrogen (secondary N) is 2. The summed E-state index contributed by atoms with van der Waals surface area (Å²) in [5.74, 6) is -1.97. The molecule has 0 fully saturated rings. The van der Waals surface area contributed by atoms with Crippen LogP contribution in [0.15, 0.2) is 48.5 Å². The Morgan fingerprint density at radius 2 is 1.59 bits per heavy atom. The molecule has 0 heterocycles. The van der Waals surface area contributed by atoms with Gasteiger partial charge >= 0.3 is 5.97 Å². The van der Waals surface area contributed by atoms with E-state index in [1.54, 1.807) is 38.1 Å². The van der Waals surface area contributed by atoms with Gasteiger partial charge in [0.15, 0.2) is 0 Å². The predicted molar refractivity (Wildman–Crippen MR) is 134 cm³/mol. The molecule has 1 amide bonds. The van der Waals surface area contributed by atoms with Gasteiger partial charge in [-0.05, 0) is 86.7 Å². The van der Waals surface area contributed by atoms with E-state index in [1.165, 1.54) is 13.0 Å². The summed E-state index contributed by atoms with van der Waals surface area (Å²) in [6.07, 6.45) is 0. The molecule has 0 bridgehead atoms. The van der Waals surface area contributed by atoms with Crippen LogP contribution in [-0.4, -0.2) is 23.0 Å². The monoisotopic (exact) mass is 482 g/mol. The number of benzene rings is 3. The lowest BCUT2D eigenvalue weighted by molar-refractivity contribution is -0.138. The van der Waals surface area contributed by atoms with Gasteiger partial charge in [0.05, 0.1) is 0 Å². The SMILES string of the molecule is Cc1cc([C@@H](C)Nc2ccc(F)c(-c3cc(C)c(C(=O)NC(C)C(=O)O)c(C)c3)c2)ccc1Cl. The number of carbonyl (C=O) groups excluding carboxylic acids is 1. The minimum Gasteiger partial charge on any atom is -0.480 e. The Labute approximate surface area is 204 Å². The molecule has 0 saturated carbocycles. The number of aliphatic carboxylic acids is 1. The minimum absolute atomic E-state index is 0.0277. The van der Waals surface area contributed by atoms with Crippen LogP contribution in [0, 0.1) is 26.6 Å². The average molecular weight is 483 g/mol. The van der Waals surface area contributed by atoms with Crippen molar-refractivity contribution in [1.82, 2.24) is 5.32 Å². The van der Waals surface area contributed by atoms with Crippen LogP contribution in [0.1, 0.15) is 52.5 Å². The van der Waals surface area contributed by atoms with Crippen molar-refractivity contribution in [2.24, 2.45) is 0 Å². The van der Waals surface area contributed by atoms with Crippen molar-refractivity contribution in [3.63, 3.8) is 0 Å². The molecule has 0 saturated heterocycles. The Kier molecular flexibility index (Phi) is 7.62. The van der Waals surface area contributed by atoms with Crippen molar-refractivity contribution in [2.75, 3.05) is 5.32 Å². The van der Waals surface area contributed by atoms with Gasteiger partial charge in [-0.25, -0.2) is 4.39 Å². The van der Waals surface area contributed by atoms with Crippen LogP contribution in [0.4, 0.5) is 10.1 Å². The molecular weight excluding hydrogens is 455 g/mol. The fraction of sp³-hybridized carbons (Fsp3) is 0.259. The second kappa shape index (κ2) is 10.3. The van der Waals surface area contributed by atoms with Crippen molar-refractivity contribution in [3.05, 3.63) is 87.2 Å². The molecule has 0 radical (unpaired) electrons. The number of carboxylic acids is 1. The highest BCUT2D eigenvalue weighted by molar-refractivity contribution is 6.31. The number of rotatable bonds is 7. The van der Waals surface area contributed by atoms with E-state index < -0.39 is 17.9 Å². The first-order chi connectivity index (χ1) is 16.0. The molecule has 5 nitrogen and oxygen atoms in total. The average Bonchev–Trinajstić information content (AvgIpc) is 2.76. The summed E-state index contributed by atoms with van der Waals surface area (Å²) >= 11 is 6.13. The minimum atomic E-state index is -1.12. The first-order valence-corrected chi connectivity index (χ1v) is 11.3. The first kappa shape index (κ1) is 25.2. The maximum absolute atomic E-state index is 14.8. The topological polar surface area (TPSA) is 78.4 Å². The van der Waals surface area contributed by atoms with Gasteiger partial charge in [0.2, 0.25) is 0 Å². The molecule has 3 N–H and O–H groups in total. The number of anilines is 1. The lowest BCUT2D eigenvalue weighted by Crippen LogP contribution is -2.38. The summed E-state index contributed by atoms with van der Waals surface area (Å²) in [5, 5.41) is 15.6. The van der Waals surface area contributed by atoms with Crippen molar-refractivity contribution >= 4 is 29.2 Å². The number of halogens is 2. The van der Waals surface area contributed by atoms with Crippen LogP contribution in [0.2, 0.25) is 5.02 Å². The van der Waals surface area contributed by atoms with E-state index in [0.29, 0.717) is 32.8 Å². The summed E-state index contributed by atoms with van der Waals surface area (Å²) in [4.78, 5) is 23.7. The molecular formula is C27H28ClFN2O3. The largest absolute Gasteiger partial charge is 0.480 e. The fourth-order valence-electron chi connectivity index (χ4n) is 3.91. The van der Waals surface area contributed by atoms with Gasteiger partial charge in [-0.15, -0.1) is 0 Å². The van der Waals surface area contributed by atoms with Gasteiger partial charge in [0.25, 0.3) is 5.91 Å². The molecule has 0 aliphatic rings. The van der Waals surface area contributed by atoms with Crippen LogP contribution in [0.25, 0.3) is 11.1 Å². The number of hydrogen-bond acceptors (Lipinski definition) is 3. The molecule has 0 aliphatic carbocycles. The molecule has 0 spiro atoms. The number of carboxylic acid groups (broad SMARTS) is 1. The number of amides is 1. The zero-order valence-electron chi connectivity index (χ0n) is 19.8. The van der Waals surface area contributed by atoms with Crippen molar-refractivity contribution in [2.45, 2.75) is 46.7 Å². The Bertz CT molecular complexity index is 1240.